The van der Waals surface area contributed by atoms with E-state index in [1.54, 1.807) is 0 Å². The number of carbonyl (C=O) groups excluding carboxylic acids is 2. The normalized spacial score (nSPS) is 21.6. The molecular formula is C22H25NO3S. The third kappa shape index (κ3) is 4.49. The van der Waals surface area contributed by atoms with E-state index in [2.05, 4.69) is 12.2 Å². The summed E-state index contributed by atoms with van der Waals surface area (Å²) in [7, 11) is 0. The predicted molar refractivity (Wildman–Crippen MR) is 109 cm³/mol. The lowest BCUT2D eigenvalue weighted by molar-refractivity contribution is -0.140. The highest BCUT2D eigenvalue weighted by Gasteiger charge is 2.50. The van der Waals surface area contributed by atoms with Gasteiger partial charge in [0, 0.05) is 0 Å². The van der Waals surface area contributed by atoms with Crippen molar-refractivity contribution in [2.24, 2.45) is 0 Å². The number of benzene rings is 2. The van der Waals surface area contributed by atoms with Crippen LogP contribution in [0.25, 0.3) is 0 Å². The number of Topliss-reactive ketones (excluding diaryl/α,β-unsaturated/α-hetero) is 2. The van der Waals surface area contributed by atoms with Crippen molar-refractivity contribution in [2.45, 2.75) is 43.2 Å². The van der Waals surface area contributed by atoms with Crippen molar-refractivity contribution < 1.29 is 14.7 Å². The van der Waals surface area contributed by atoms with Crippen LogP contribution < -0.4 is 5.32 Å². The highest BCUT2D eigenvalue weighted by Crippen LogP contribution is 2.33. The Morgan fingerprint density at radius 3 is 2.07 bits per heavy atom. The number of rotatable bonds is 9. The first-order valence-electron chi connectivity index (χ1n) is 9.36. The molecule has 0 amide bonds. The van der Waals surface area contributed by atoms with E-state index < -0.39 is 23.4 Å². The Hall–Kier alpha value is -1.95. The molecule has 27 heavy (non-hydrogen) atoms. The minimum Gasteiger partial charge on any atom is -0.386 e. The van der Waals surface area contributed by atoms with Crippen molar-refractivity contribution in [2.75, 3.05) is 5.75 Å². The van der Waals surface area contributed by atoms with Crippen molar-refractivity contribution in [3.63, 3.8) is 0 Å². The Labute approximate surface area is 164 Å². The van der Waals surface area contributed by atoms with Crippen molar-refractivity contribution in [3.05, 3.63) is 71.8 Å². The van der Waals surface area contributed by atoms with E-state index in [9.17, 15) is 14.7 Å². The largest absolute Gasteiger partial charge is 0.386 e. The molecule has 2 aromatic rings. The monoisotopic (exact) mass is 383 g/mol. The van der Waals surface area contributed by atoms with Gasteiger partial charge in [0.2, 0.25) is 0 Å². The maximum atomic E-state index is 12.5. The minimum absolute atomic E-state index is 0.0812. The number of unbranched alkanes of at least 4 members (excludes halogenated alkanes) is 1. The van der Waals surface area contributed by atoms with E-state index in [0.717, 1.165) is 29.7 Å². The van der Waals surface area contributed by atoms with Crippen molar-refractivity contribution in [3.8, 4) is 0 Å². The van der Waals surface area contributed by atoms with Crippen molar-refractivity contribution >= 4 is 23.3 Å². The Kier molecular flexibility index (Phi) is 6.83. The molecule has 1 aliphatic rings. The molecule has 142 valence electrons. The molecule has 0 heterocycles. The third-order valence-electron chi connectivity index (χ3n) is 4.83. The van der Waals surface area contributed by atoms with Crippen LogP contribution in [0.3, 0.4) is 0 Å². The highest BCUT2D eigenvalue weighted by molar-refractivity contribution is 8.01. The second-order valence-electron chi connectivity index (χ2n) is 6.75. The van der Waals surface area contributed by atoms with Gasteiger partial charge in [-0.25, -0.2) is 0 Å². The number of carbonyl (C=O) groups is 2. The summed E-state index contributed by atoms with van der Waals surface area (Å²) in [6.45, 7) is 2.09. The lowest BCUT2D eigenvalue weighted by Gasteiger charge is -2.36. The zero-order chi connectivity index (χ0) is 19.2. The molecule has 0 aliphatic heterocycles. The number of aliphatic hydroxyl groups excluding tert-OH is 1. The zero-order valence-corrected chi connectivity index (χ0v) is 16.2. The predicted octanol–water partition coefficient (Wildman–Crippen LogP) is 3.47. The molecule has 3 rings (SSSR count). The summed E-state index contributed by atoms with van der Waals surface area (Å²) in [5.74, 6) is 0.657. The number of hydrogen-bond donors (Lipinski definition) is 2. The van der Waals surface area contributed by atoms with Gasteiger partial charge in [0.25, 0.3) is 0 Å². The fourth-order valence-electron chi connectivity index (χ4n) is 3.21. The average molecular weight is 384 g/mol. The van der Waals surface area contributed by atoms with Crippen LogP contribution in [0.4, 0.5) is 0 Å². The van der Waals surface area contributed by atoms with E-state index in [1.807, 2.05) is 60.7 Å². The first kappa shape index (κ1) is 19.8. The standard InChI is InChI=1S/C22H25NO3S/c1-2-3-14-27-22-20(25)18(21(22)26)23-17(15-10-6-4-7-11-15)19(24)16-12-8-5-9-13-16/h4-13,17-19,22-24H,2-3,14H2,1H3/t17-,18?,19+,22?/m0/s1. The van der Waals surface area contributed by atoms with Gasteiger partial charge >= 0.3 is 0 Å². The summed E-state index contributed by atoms with van der Waals surface area (Å²) in [5, 5.41) is 13.5. The van der Waals surface area contributed by atoms with E-state index in [1.165, 1.54) is 11.8 Å². The van der Waals surface area contributed by atoms with Crippen LogP contribution in [0.2, 0.25) is 0 Å². The number of ketones is 2. The molecule has 0 spiro atoms. The Balaban J connectivity index is 1.75. The number of thioether (sulfide) groups is 1. The Bertz CT molecular complexity index is 750. The van der Waals surface area contributed by atoms with Gasteiger partial charge in [0.15, 0.2) is 11.6 Å². The molecule has 4 nitrogen and oxygen atoms in total. The van der Waals surface area contributed by atoms with Crippen LogP contribution in [0.5, 0.6) is 0 Å². The quantitative estimate of drug-likeness (QED) is 0.513. The molecular weight excluding hydrogens is 358 g/mol. The van der Waals surface area contributed by atoms with Gasteiger partial charge in [-0.1, -0.05) is 74.0 Å². The van der Waals surface area contributed by atoms with E-state index in [-0.39, 0.29) is 11.6 Å². The molecule has 1 saturated carbocycles. The van der Waals surface area contributed by atoms with Crippen LogP contribution in [-0.2, 0) is 9.59 Å². The van der Waals surface area contributed by atoms with Crippen molar-refractivity contribution in [1.82, 2.24) is 5.32 Å². The zero-order valence-electron chi connectivity index (χ0n) is 15.4. The van der Waals surface area contributed by atoms with E-state index in [0.29, 0.717) is 0 Å². The van der Waals surface area contributed by atoms with E-state index in [4.69, 9.17) is 0 Å². The van der Waals surface area contributed by atoms with Crippen molar-refractivity contribution in [1.29, 1.82) is 0 Å². The highest BCUT2D eigenvalue weighted by atomic mass is 32.2. The summed E-state index contributed by atoms with van der Waals surface area (Å²) < 4.78 is 0. The molecule has 2 N–H and O–H groups in total. The average Bonchev–Trinajstić information content (AvgIpc) is 2.72. The molecule has 0 unspecified atom stereocenters. The van der Waals surface area contributed by atoms with Gasteiger partial charge in [-0.15, -0.1) is 11.8 Å². The van der Waals surface area contributed by atoms with Crippen LogP contribution in [-0.4, -0.2) is 33.7 Å². The summed E-state index contributed by atoms with van der Waals surface area (Å²) >= 11 is 1.43. The fourth-order valence-corrected chi connectivity index (χ4v) is 4.51. The minimum atomic E-state index is -0.860. The summed E-state index contributed by atoms with van der Waals surface area (Å²) in [6.07, 6.45) is 1.18. The molecule has 1 aliphatic carbocycles. The molecule has 0 saturated heterocycles. The van der Waals surface area contributed by atoms with Crippen LogP contribution in [0, 0.1) is 0 Å². The SMILES string of the molecule is CCCCSC1C(=O)C(N[C@@H](c2ccccc2)[C@H](O)c2ccccc2)C1=O. The number of aliphatic hydroxyl groups is 1. The van der Waals surface area contributed by atoms with Gasteiger partial charge in [0.05, 0.1) is 12.1 Å². The van der Waals surface area contributed by atoms with Gasteiger partial charge in [-0.3, -0.25) is 14.9 Å². The fraction of sp³-hybridized carbons (Fsp3) is 0.364. The van der Waals surface area contributed by atoms with Crippen LogP contribution in [0.15, 0.2) is 60.7 Å². The van der Waals surface area contributed by atoms with Crippen LogP contribution >= 0.6 is 11.8 Å². The molecule has 0 aromatic heterocycles. The molecule has 0 radical (unpaired) electrons. The lowest BCUT2D eigenvalue weighted by atomic mass is 9.86. The first-order valence-corrected chi connectivity index (χ1v) is 10.4. The Morgan fingerprint density at radius 1 is 0.963 bits per heavy atom. The maximum Gasteiger partial charge on any atom is 0.177 e. The van der Waals surface area contributed by atoms with Gasteiger partial charge in [-0.2, -0.15) is 0 Å². The second kappa shape index (κ2) is 9.31. The second-order valence-corrected chi connectivity index (χ2v) is 7.97. The topological polar surface area (TPSA) is 66.4 Å². The maximum absolute atomic E-state index is 12.5. The van der Waals surface area contributed by atoms with Gasteiger partial charge < -0.3 is 5.11 Å². The summed E-state index contributed by atoms with van der Waals surface area (Å²) in [6, 6.07) is 17.4. The smallest absolute Gasteiger partial charge is 0.177 e. The molecule has 2 atom stereocenters. The molecule has 1 fully saturated rings. The van der Waals surface area contributed by atoms with E-state index >= 15 is 0 Å². The van der Waals surface area contributed by atoms with Crippen LogP contribution in [0.1, 0.15) is 43.0 Å². The number of nitrogens with one attached hydrogen (secondary N) is 1. The lowest BCUT2D eigenvalue weighted by Crippen LogP contribution is -2.63. The molecule has 0 bridgehead atoms. The molecule has 5 heteroatoms. The molecule has 2 aromatic carbocycles. The van der Waals surface area contributed by atoms with Gasteiger partial charge in [0.1, 0.15) is 11.3 Å². The third-order valence-corrected chi connectivity index (χ3v) is 6.15. The Morgan fingerprint density at radius 2 is 1.52 bits per heavy atom. The first-order chi connectivity index (χ1) is 13.1. The summed E-state index contributed by atoms with van der Waals surface area (Å²) in [5.41, 5.74) is 1.59. The number of hydrogen-bond acceptors (Lipinski definition) is 5. The summed E-state index contributed by atoms with van der Waals surface area (Å²) in [4.78, 5) is 25.0. The van der Waals surface area contributed by atoms with Gasteiger partial charge in [-0.05, 0) is 23.3 Å².